The summed E-state index contributed by atoms with van der Waals surface area (Å²) in [5, 5.41) is 8.27. The van der Waals surface area contributed by atoms with Crippen LogP contribution in [0.2, 0.25) is 5.02 Å². The summed E-state index contributed by atoms with van der Waals surface area (Å²) < 4.78 is 0. The predicted octanol–water partition coefficient (Wildman–Crippen LogP) is 5.22. The molecule has 0 aliphatic carbocycles. The molecule has 0 aliphatic rings. The van der Waals surface area contributed by atoms with Gasteiger partial charge in [0.15, 0.2) is 0 Å². The van der Waals surface area contributed by atoms with Crippen molar-refractivity contribution in [2.24, 2.45) is 0 Å². The van der Waals surface area contributed by atoms with Crippen LogP contribution in [0.25, 0.3) is 6.08 Å². The lowest BCUT2D eigenvalue weighted by Crippen LogP contribution is -2.35. The maximum atomic E-state index is 12.7. The van der Waals surface area contributed by atoms with Gasteiger partial charge in [0.1, 0.15) is 5.70 Å². The third-order valence-corrected chi connectivity index (χ3v) is 6.17. The summed E-state index contributed by atoms with van der Waals surface area (Å²) >= 11 is 9.12. The highest BCUT2D eigenvalue weighted by atomic mass is 35.5. The van der Waals surface area contributed by atoms with Gasteiger partial charge in [0.05, 0.1) is 0 Å². The molecule has 0 atom stereocenters. The molecule has 0 fully saturated rings. The number of hydrogen-bond donors (Lipinski definition) is 2. The number of carbonyl (C=O) groups is 2. The highest BCUT2D eigenvalue weighted by Crippen LogP contribution is 2.15. The first-order valence-electron chi connectivity index (χ1n) is 9.34. The van der Waals surface area contributed by atoms with Gasteiger partial charge in [-0.3, -0.25) is 9.59 Å². The molecule has 3 aromatic rings. The fourth-order valence-electron chi connectivity index (χ4n) is 2.56. The van der Waals surface area contributed by atoms with Gasteiger partial charge < -0.3 is 10.6 Å². The van der Waals surface area contributed by atoms with E-state index in [1.807, 2.05) is 47.8 Å². The molecule has 154 valence electrons. The van der Waals surface area contributed by atoms with Crippen molar-refractivity contribution < 1.29 is 9.59 Å². The molecule has 30 heavy (non-hydrogen) atoms. The lowest BCUT2D eigenvalue weighted by atomic mass is 10.2. The van der Waals surface area contributed by atoms with E-state index in [4.69, 9.17) is 11.6 Å². The Kier molecular flexibility index (Phi) is 8.56. The molecule has 2 N–H and O–H groups in total. The van der Waals surface area contributed by atoms with Gasteiger partial charge >= 0.3 is 0 Å². The third kappa shape index (κ3) is 7.06. The minimum absolute atomic E-state index is 0.231. The molecular weight excluding hydrogens is 436 g/mol. The zero-order valence-corrected chi connectivity index (χ0v) is 18.5. The molecule has 7 heteroatoms. The molecule has 4 nitrogen and oxygen atoms in total. The van der Waals surface area contributed by atoms with Crippen molar-refractivity contribution >= 4 is 52.6 Å². The Morgan fingerprint density at radius 3 is 2.47 bits per heavy atom. The molecule has 2 aromatic carbocycles. The Bertz CT molecular complexity index is 988. The van der Waals surface area contributed by atoms with E-state index in [1.165, 1.54) is 16.9 Å². The largest absolute Gasteiger partial charge is 0.350 e. The fourth-order valence-corrected chi connectivity index (χ4v) is 4.16. The minimum atomic E-state index is -0.314. The van der Waals surface area contributed by atoms with E-state index in [9.17, 15) is 9.59 Å². The van der Waals surface area contributed by atoms with Crippen molar-refractivity contribution in [2.75, 3.05) is 12.3 Å². The van der Waals surface area contributed by atoms with E-state index in [1.54, 1.807) is 42.1 Å². The first-order chi connectivity index (χ1) is 14.6. The first kappa shape index (κ1) is 22.2. The Morgan fingerprint density at radius 1 is 1.00 bits per heavy atom. The summed E-state index contributed by atoms with van der Waals surface area (Å²) in [6, 6.07) is 20.4. The van der Waals surface area contributed by atoms with E-state index in [-0.39, 0.29) is 17.5 Å². The number of amides is 2. The van der Waals surface area contributed by atoms with E-state index >= 15 is 0 Å². The lowest BCUT2D eigenvalue weighted by Gasteiger charge is -2.11. The number of carbonyl (C=O) groups excluding carboxylic acids is 2. The molecule has 1 aromatic heterocycles. The summed E-state index contributed by atoms with van der Waals surface area (Å²) in [7, 11) is 0. The molecule has 0 aliphatic heterocycles. The van der Waals surface area contributed by atoms with Crippen LogP contribution in [0.5, 0.6) is 0 Å². The molecule has 2 amide bonds. The van der Waals surface area contributed by atoms with Gasteiger partial charge in [0.25, 0.3) is 11.8 Å². The molecule has 0 saturated heterocycles. The molecule has 3 rings (SSSR count). The summed E-state index contributed by atoms with van der Waals surface area (Å²) in [5.41, 5.74) is 1.92. The quantitative estimate of drug-likeness (QED) is 0.342. The van der Waals surface area contributed by atoms with Crippen LogP contribution in [-0.2, 0) is 10.5 Å². The molecular formula is C23H21ClN2O2S2. The lowest BCUT2D eigenvalue weighted by molar-refractivity contribution is -0.117. The first-order valence-corrected chi connectivity index (χ1v) is 11.7. The van der Waals surface area contributed by atoms with Crippen LogP contribution in [0, 0.1) is 0 Å². The van der Waals surface area contributed by atoms with Crippen LogP contribution < -0.4 is 10.6 Å². The number of thiophene rings is 1. The third-order valence-electron chi connectivity index (χ3n) is 4.07. The van der Waals surface area contributed by atoms with E-state index in [2.05, 4.69) is 10.6 Å². The van der Waals surface area contributed by atoms with Crippen LogP contribution in [0.15, 0.2) is 77.8 Å². The van der Waals surface area contributed by atoms with E-state index in [0.717, 1.165) is 21.4 Å². The van der Waals surface area contributed by atoms with Crippen LogP contribution in [0.4, 0.5) is 0 Å². The standard InChI is InChI=1S/C23H21ClN2O2S2/c24-19-10-8-17(9-11-19)16-29-14-12-25-23(28)21(15-20-7-4-13-30-20)26-22(27)18-5-2-1-3-6-18/h1-11,13,15H,12,14,16H2,(H,25,28)(H,26,27)/b21-15-. The SMILES string of the molecule is O=C(NCCSCc1ccc(Cl)cc1)/C(=C/c1cccs1)NC(=O)c1ccccc1. The molecule has 0 bridgehead atoms. The Hall–Kier alpha value is -2.54. The summed E-state index contributed by atoms with van der Waals surface area (Å²) in [5.74, 6) is 0.980. The van der Waals surface area contributed by atoms with Crippen molar-refractivity contribution in [2.45, 2.75) is 5.75 Å². The van der Waals surface area contributed by atoms with Crippen molar-refractivity contribution in [3.05, 3.63) is 98.8 Å². The van der Waals surface area contributed by atoms with Gasteiger partial charge in [-0.2, -0.15) is 11.8 Å². The van der Waals surface area contributed by atoms with E-state index < -0.39 is 0 Å². The monoisotopic (exact) mass is 456 g/mol. The maximum Gasteiger partial charge on any atom is 0.267 e. The zero-order chi connectivity index (χ0) is 21.2. The highest BCUT2D eigenvalue weighted by molar-refractivity contribution is 7.98. The Labute approximate surface area is 189 Å². The number of hydrogen-bond acceptors (Lipinski definition) is 4. The van der Waals surface area contributed by atoms with Crippen molar-refractivity contribution in [1.29, 1.82) is 0 Å². The number of thioether (sulfide) groups is 1. The molecule has 0 spiro atoms. The zero-order valence-electron chi connectivity index (χ0n) is 16.1. The second-order valence-corrected chi connectivity index (χ2v) is 8.85. The van der Waals surface area contributed by atoms with E-state index in [0.29, 0.717) is 12.1 Å². The minimum Gasteiger partial charge on any atom is -0.350 e. The Balaban J connectivity index is 1.54. The van der Waals surface area contributed by atoms with Crippen molar-refractivity contribution in [3.8, 4) is 0 Å². The second kappa shape index (κ2) is 11.6. The smallest absolute Gasteiger partial charge is 0.267 e. The normalized spacial score (nSPS) is 11.2. The van der Waals surface area contributed by atoms with Crippen LogP contribution >= 0.6 is 34.7 Å². The van der Waals surface area contributed by atoms with Crippen molar-refractivity contribution in [3.63, 3.8) is 0 Å². The predicted molar refractivity (Wildman–Crippen MR) is 127 cm³/mol. The summed E-state index contributed by atoms with van der Waals surface area (Å²) in [4.78, 5) is 26.1. The van der Waals surface area contributed by atoms with Crippen LogP contribution in [0.3, 0.4) is 0 Å². The maximum absolute atomic E-state index is 12.7. The average Bonchev–Trinajstić information content (AvgIpc) is 3.28. The van der Waals surface area contributed by atoms with Gasteiger partial charge in [0.2, 0.25) is 0 Å². The van der Waals surface area contributed by atoms with Gasteiger partial charge in [-0.05, 0) is 47.4 Å². The molecule has 0 radical (unpaired) electrons. The van der Waals surface area contributed by atoms with Crippen LogP contribution in [-0.4, -0.2) is 24.1 Å². The molecule has 0 saturated carbocycles. The highest BCUT2D eigenvalue weighted by Gasteiger charge is 2.14. The number of benzene rings is 2. The molecule has 1 heterocycles. The summed E-state index contributed by atoms with van der Waals surface area (Å²) in [6.45, 7) is 0.500. The van der Waals surface area contributed by atoms with Gasteiger partial charge in [-0.15, -0.1) is 11.3 Å². The molecule has 0 unspecified atom stereocenters. The number of nitrogens with one attached hydrogen (secondary N) is 2. The van der Waals surface area contributed by atoms with Gasteiger partial charge in [-0.25, -0.2) is 0 Å². The number of halogens is 1. The summed E-state index contributed by atoms with van der Waals surface area (Å²) in [6.07, 6.45) is 1.70. The van der Waals surface area contributed by atoms with Crippen molar-refractivity contribution in [1.82, 2.24) is 10.6 Å². The average molecular weight is 457 g/mol. The second-order valence-electron chi connectivity index (χ2n) is 6.33. The van der Waals surface area contributed by atoms with Crippen LogP contribution in [0.1, 0.15) is 20.8 Å². The Morgan fingerprint density at radius 2 is 1.77 bits per heavy atom. The fraction of sp³-hybridized carbons (Fsp3) is 0.130. The topological polar surface area (TPSA) is 58.2 Å². The van der Waals surface area contributed by atoms with Gasteiger partial charge in [0, 0.05) is 33.5 Å². The van der Waals surface area contributed by atoms with Gasteiger partial charge in [-0.1, -0.05) is 48.0 Å². The number of rotatable bonds is 9.